The first-order chi connectivity index (χ1) is 22.9. The van der Waals surface area contributed by atoms with Gasteiger partial charge in [0.15, 0.2) is 9.84 Å². The van der Waals surface area contributed by atoms with Crippen molar-refractivity contribution in [3.05, 3.63) is 115 Å². The van der Waals surface area contributed by atoms with Crippen molar-refractivity contribution in [2.45, 2.75) is 36.3 Å². The number of rotatable bonds is 10. The van der Waals surface area contributed by atoms with Crippen LogP contribution in [-0.2, 0) is 20.4 Å². The molecule has 47 heavy (non-hydrogen) atoms. The minimum Gasteiger partial charge on any atom is -0.339 e. The normalized spacial score (nSPS) is 13.8. The van der Waals surface area contributed by atoms with E-state index in [9.17, 15) is 13.2 Å². The molecule has 0 atom stereocenters. The van der Waals surface area contributed by atoms with E-state index >= 15 is 0 Å². The number of benzene rings is 4. The summed E-state index contributed by atoms with van der Waals surface area (Å²) in [5, 5.41) is 1.86. The predicted molar refractivity (Wildman–Crippen MR) is 190 cm³/mol. The fourth-order valence-electron chi connectivity index (χ4n) is 6.68. The zero-order chi connectivity index (χ0) is 32.4. The van der Waals surface area contributed by atoms with Crippen LogP contribution in [0.4, 0.5) is 5.69 Å². The van der Waals surface area contributed by atoms with Crippen LogP contribution in [0.2, 0.25) is 0 Å². The largest absolute Gasteiger partial charge is 0.339 e. The molecule has 6 aromatic rings. The van der Waals surface area contributed by atoms with Crippen LogP contribution >= 0.6 is 0 Å². The number of hydrogen-bond acceptors (Lipinski definition) is 5. The van der Waals surface area contributed by atoms with Crippen molar-refractivity contribution in [2.75, 3.05) is 31.6 Å². The summed E-state index contributed by atoms with van der Waals surface area (Å²) in [6.07, 6.45) is 5.81. The SMILES string of the molecule is CN(C(=O)CCCN1CCCC1)c1ccc(-c2cnc3[nH]c4ccc(CS(=O)(=O)c5ccccc5)cc4c3c2-c2ccccc2)cc1. The van der Waals surface area contributed by atoms with Gasteiger partial charge in [0, 0.05) is 52.8 Å². The molecule has 0 spiro atoms. The van der Waals surface area contributed by atoms with E-state index < -0.39 is 9.84 Å². The number of carbonyl (C=O) groups is 1. The number of likely N-dealkylation sites (tertiary alicyclic amines) is 1. The van der Waals surface area contributed by atoms with E-state index in [0.29, 0.717) is 16.9 Å². The lowest BCUT2D eigenvalue weighted by Crippen LogP contribution is -2.27. The van der Waals surface area contributed by atoms with Crippen molar-refractivity contribution in [1.82, 2.24) is 14.9 Å². The van der Waals surface area contributed by atoms with Crippen LogP contribution in [0.15, 0.2) is 114 Å². The highest BCUT2D eigenvalue weighted by Gasteiger charge is 2.20. The van der Waals surface area contributed by atoms with Crippen molar-refractivity contribution >= 4 is 43.4 Å². The van der Waals surface area contributed by atoms with E-state index in [1.807, 2.05) is 80.0 Å². The van der Waals surface area contributed by atoms with Gasteiger partial charge in [-0.2, -0.15) is 0 Å². The van der Waals surface area contributed by atoms with Gasteiger partial charge in [-0.25, -0.2) is 13.4 Å². The van der Waals surface area contributed by atoms with Crippen LogP contribution in [0.5, 0.6) is 0 Å². The molecule has 4 aromatic carbocycles. The second-order valence-corrected chi connectivity index (χ2v) is 14.4. The van der Waals surface area contributed by atoms with Gasteiger partial charge in [0.25, 0.3) is 0 Å². The molecule has 1 saturated heterocycles. The molecule has 1 aliphatic heterocycles. The lowest BCUT2D eigenvalue weighted by atomic mass is 9.92. The summed E-state index contributed by atoms with van der Waals surface area (Å²) < 4.78 is 26.5. The number of nitrogens with zero attached hydrogens (tertiary/aromatic N) is 3. The van der Waals surface area contributed by atoms with Crippen LogP contribution in [-0.4, -0.2) is 55.9 Å². The van der Waals surface area contributed by atoms with Gasteiger partial charge in [0.1, 0.15) is 5.65 Å². The van der Waals surface area contributed by atoms with Crippen LogP contribution < -0.4 is 4.90 Å². The minimum atomic E-state index is -3.51. The molecule has 0 aliphatic carbocycles. The molecule has 3 heterocycles. The summed E-state index contributed by atoms with van der Waals surface area (Å²) in [4.78, 5) is 25.8. The van der Waals surface area contributed by atoms with E-state index in [0.717, 1.165) is 75.9 Å². The Hall–Kier alpha value is -4.79. The molecule has 0 bridgehead atoms. The Morgan fingerprint density at radius 1 is 0.872 bits per heavy atom. The second kappa shape index (κ2) is 13.1. The topological polar surface area (TPSA) is 86.4 Å². The molecule has 0 radical (unpaired) electrons. The zero-order valence-electron chi connectivity index (χ0n) is 26.5. The molecular formula is C39H38N4O3S. The first kappa shape index (κ1) is 30.8. The maximum atomic E-state index is 13.2. The summed E-state index contributed by atoms with van der Waals surface area (Å²) in [6.45, 7) is 3.27. The fourth-order valence-corrected chi connectivity index (χ4v) is 8.04. The van der Waals surface area contributed by atoms with Crippen molar-refractivity contribution in [1.29, 1.82) is 0 Å². The number of nitrogens with one attached hydrogen (secondary N) is 1. The number of H-pyrrole nitrogens is 1. The molecule has 2 aromatic heterocycles. The lowest BCUT2D eigenvalue weighted by Gasteiger charge is -2.19. The van der Waals surface area contributed by atoms with E-state index in [1.54, 1.807) is 29.2 Å². The highest BCUT2D eigenvalue weighted by Crippen LogP contribution is 2.41. The smallest absolute Gasteiger partial charge is 0.226 e. The number of amides is 1. The number of hydrogen-bond donors (Lipinski definition) is 1. The van der Waals surface area contributed by atoms with E-state index in [-0.39, 0.29) is 11.7 Å². The highest BCUT2D eigenvalue weighted by atomic mass is 32.2. The van der Waals surface area contributed by atoms with Crippen molar-refractivity contribution in [3.63, 3.8) is 0 Å². The summed E-state index contributed by atoms with van der Waals surface area (Å²) in [5.74, 6) is 0.0215. The highest BCUT2D eigenvalue weighted by molar-refractivity contribution is 7.90. The number of aromatic nitrogens is 2. The molecule has 1 amide bonds. The molecule has 238 valence electrons. The van der Waals surface area contributed by atoms with Crippen molar-refractivity contribution in [3.8, 4) is 22.3 Å². The third-order valence-corrected chi connectivity index (χ3v) is 10.9. The zero-order valence-corrected chi connectivity index (χ0v) is 27.3. The van der Waals surface area contributed by atoms with Crippen LogP contribution in [0.25, 0.3) is 44.2 Å². The standard InChI is InChI=1S/C39H38N4O3S/c1-42(36(44)15-10-24-43-22-8-9-23-43)31-19-17-29(18-20-31)34-26-40-39-38(37(34)30-11-4-2-5-12-30)33-25-28(16-21-35(33)41-39)27-47(45,46)32-13-6-3-7-14-32/h2-7,11-14,16-21,25-26H,8-10,15,22-24,27H2,1H3,(H,40,41). The molecule has 8 heteroatoms. The Balaban J connectivity index is 1.23. The molecule has 0 saturated carbocycles. The fraction of sp³-hybridized carbons (Fsp3) is 0.231. The summed E-state index contributed by atoms with van der Waals surface area (Å²) >= 11 is 0. The Bertz CT molecular complexity index is 2140. The summed E-state index contributed by atoms with van der Waals surface area (Å²) in [7, 11) is -1.67. The summed E-state index contributed by atoms with van der Waals surface area (Å²) in [5.41, 5.74) is 7.18. The van der Waals surface area contributed by atoms with E-state index in [2.05, 4.69) is 22.0 Å². The Morgan fingerprint density at radius 3 is 2.30 bits per heavy atom. The number of sulfone groups is 1. The first-order valence-electron chi connectivity index (χ1n) is 16.2. The third kappa shape index (κ3) is 6.44. The average Bonchev–Trinajstić information content (AvgIpc) is 3.76. The molecule has 1 fully saturated rings. The first-order valence-corrected chi connectivity index (χ1v) is 17.9. The Labute approximate surface area is 275 Å². The van der Waals surface area contributed by atoms with Crippen LogP contribution in [0.3, 0.4) is 0 Å². The number of carbonyl (C=O) groups excluding carboxylic acids is 1. The van der Waals surface area contributed by atoms with Gasteiger partial charge in [0.2, 0.25) is 5.91 Å². The van der Waals surface area contributed by atoms with Gasteiger partial charge in [-0.05, 0) is 92.0 Å². The van der Waals surface area contributed by atoms with Crippen molar-refractivity contribution in [2.24, 2.45) is 0 Å². The molecule has 7 rings (SSSR count). The lowest BCUT2D eigenvalue weighted by molar-refractivity contribution is -0.118. The van der Waals surface area contributed by atoms with E-state index in [4.69, 9.17) is 4.98 Å². The number of anilines is 1. The maximum Gasteiger partial charge on any atom is 0.226 e. The number of aromatic amines is 1. The molecule has 1 N–H and O–H groups in total. The molecule has 1 aliphatic rings. The van der Waals surface area contributed by atoms with Gasteiger partial charge in [-0.15, -0.1) is 0 Å². The number of pyridine rings is 1. The van der Waals surface area contributed by atoms with Gasteiger partial charge in [0.05, 0.1) is 10.6 Å². The van der Waals surface area contributed by atoms with Gasteiger partial charge in [-0.1, -0.05) is 66.7 Å². The van der Waals surface area contributed by atoms with Gasteiger partial charge < -0.3 is 14.8 Å². The average molecular weight is 643 g/mol. The molecule has 7 nitrogen and oxygen atoms in total. The minimum absolute atomic E-state index is 0.0978. The predicted octanol–water partition coefficient (Wildman–Crippen LogP) is 7.86. The Kier molecular flexibility index (Phi) is 8.62. The van der Waals surface area contributed by atoms with Crippen molar-refractivity contribution < 1.29 is 13.2 Å². The van der Waals surface area contributed by atoms with Crippen LogP contribution in [0.1, 0.15) is 31.2 Å². The summed E-state index contributed by atoms with van der Waals surface area (Å²) in [6, 6.07) is 32.6. The van der Waals surface area contributed by atoms with Gasteiger partial charge >= 0.3 is 0 Å². The second-order valence-electron chi connectivity index (χ2n) is 12.4. The van der Waals surface area contributed by atoms with Gasteiger partial charge in [-0.3, -0.25) is 4.79 Å². The quantitative estimate of drug-likeness (QED) is 0.164. The third-order valence-electron chi connectivity index (χ3n) is 9.21. The van der Waals surface area contributed by atoms with Crippen LogP contribution in [0, 0.1) is 0 Å². The monoisotopic (exact) mass is 642 g/mol. The molecular weight excluding hydrogens is 605 g/mol. The maximum absolute atomic E-state index is 13.2. The Morgan fingerprint density at radius 2 is 1.57 bits per heavy atom. The van der Waals surface area contributed by atoms with E-state index in [1.165, 1.54) is 12.8 Å². The molecule has 0 unspecified atom stereocenters. The number of fused-ring (bicyclic) bond motifs is 3.